The highest BCUT2D eigenvalue weighted by molar-refractivity contribution is 7.27. The molecule has 3 rings (SSSR count). The molecule has 2 aromatic carbocycles. The van der Waals surface area contributed by atoms with Crippen LogP contribution in [0.2, 0.25) is 0 Å². The van der Waals surface area contributed by atoms with Crippen molar-refractivity contribution in [2.45, 2.75) is 71.7 Å². The average molecular weight is 487 g/mol. The van der Waals surface area contributed by atoms with Crippen LogP contribution in [0.5, 0.6) is 11.5 Å². The molecule has 34 heavy (non-hydrogen) atoms. The lowest BCUT2D eigenvalue weighted by molar-refractivity contribution is -0.169. The highest BCUT2D eigenvalue weighted by Gasteiger charge is 2.41. The van der Waals surface area contributed by atoms with Gasteiger partial charge in [0, 0.05) is 5.30 Å². The third-order valence-corrected chi connectivity index (χ3v) is 6.44. The molecule has 0 N–H and O–H groups in total. The number of ether oxygens (including phenoxy) is 4. The summed E-state index contributed by atoms with van der Waals surface area (Å²) in [7, 11) is 4.15. The molecule has 2 aromatic rings. The molecule has 7 heteroatoms. The fourth-order valence-corrected chi connectivity index (χ4v) is 4.24. The number of esters is 2. The Labute approximate surface area is 204 Å². The fraction of sp³-hybridized carbons (Fsp3) is 0.481. The second kappa shape index (κ2) is 10.8. The van der Waals surface area contributed by atoms with Crippen molar-refractivity contribution in [3.05, 3.63) is 53.6 Å². The Balaban J connectivity index is 1.67. The summed E-state index contributed by atoms with van der Waals surface area (Å²) >= 11 is 0. The number of hydrogen-bond acceptors (Lipinski definition) is 6. The zero-order chi connectivity index (χ0) is 24.9. The molecule has 1 atom stereocenters. The van der Waals surface area contributed by atoms with Crippen LogP contribution in [0.3, 0.4) is 0 Å². The van der Waals surface area contributed by atoms with Crippen LogP contribution in [0.25, 0.3) is 0 Å². The molecule has 0 amide bonds. The Morgan fingerprint density at radius 2 is 1.71 bits per heavy atom. The number of benzene rings is 2. The van der Waals surface area contributed by atoms with E-state index in [9.17, 15) is 9.59 Å². The zero-order valence-electron chi connectivity index (χ0n) is 20.7. The van der Waals surface area contributed by atoms with Gasteiger partial charge in [-0.3, -0.25) is 4.79 Å². The highest BCUT2D eigenvalue weighted by atomic mass is 31.0. The average Bonchev–Trinajstić information content (AvgIpc) is 2.79. The summed E-state index contributed by atoms with van der Waals surface area (Å²) in [6.45, 7) is 7.79. The van der Waals surface area contributed by atoms with Crippen molar-refractivity contribution in [1.82, 2.24) is 0 Å². The minimum Gasteiger partial charge on any atom is -0.496 e. The lowest BCUT2D eigenvalue weighted by atomic mass is 9.74. The smallest absolute Gasteiger partial charge is 0.342 e. The molecule has 1 unspecified atom stereocenters. The first-order valence-electron chi connectivity index (χ1n) is 11.6. The van der Waals surface area contributed by atoms with E-state index in [2.05, 4.69) is 9.24 Å². The van der Waals surface area contributed by atoms with Crippen LogP contribution in [0.15, 0.2) is 42.5 Å². The maximum Gasteiger partial charge on any atom is 0.342 e. The van der Waals surface area contributed by atoms with Gasteiger partial charge in [0.15, 0.2) is 0 Å². The van der Waals surface area contributed by atoms with Crippen LogP contribution < -0.4 is 14.8 Å². The van der Waals surface area contributed by atoms with Crippen molar-refractivity contribution in [2.24, 2.45) is 5.41 Å². The van der Waals surface area contributed by atoms with E-state index in [1.807, 2.05) is 58.0 Å². The van der Waals surface area contributed by atoms with E-state index in [4.69, 9.17) is 18.9 Å². The van der Waals surface area contributed by atoms with Gasteiger partial charge in [-0.1, -0.05) is 30.3 Å². The van der Waals surface area contributed by atoms with Gasteiger partial charge in [0.05, 0.1) is 18.6 Å². The summed E-state index contributed by atoms with van der Waals surface area (Å²) in [5.41, 5.74) is 0.206. The van der Waals surface area contributed by atoms with Gasteiger partial charge in [0.1, 0.15) is 29.3 Å². The topological polar surface area (TPSA) is 71.1 Å². The predicted molar refractivity (Wildman–Crippen MR) is 135 cm³/mol. The van der Waals surface area contributed by atoms with Crippen molar-refractivity contribution >= 4 is 26.5 Å². The van der Waals surface area contributed by atoms with Crippen molar-refractivity contribution in [2.75, 3.05) is 7.11 Å². The third-order valence-electron chi connectivity index (χ3n) is 5.99. The van der Waals surface area contributed by atoms with Crippen LogP contribution in [-0.2, 0) is 20.9 Å². The van der Waals surface area contributed by atoms with E-state index in [-0.39, 0.29) is 18.7 Å². The second-order valence-corrected chi connectivity index (χ2v) is 10.7. The van der Waals surface area contributed by atoms with Gasteiger partial charge in [-0.05, 0) is 71.1 Å². The standard InChI is InChI=1S/C27H35O6P/c1-26(2,3)33-25(29)27(4)13-11-19(12-14-27)32-22-15-20(21(30-5)16-23(22)34)24(28)31-17-18-9-7-6-8-10-18/h6-10,15-16,19H,11-14,17,34H2,1-5H3. The number of hydrogen-bond donors (Lipinski definition) is 0. The van der Waals surface area contributed by atoms with E-state index in [0.717, 1.165) is 23.7 Å². The fourth-order valence-electron chi connectivity index (χ4n) is 3.94. The summed E-state index contributed by atoms with van der Waals surface area (Å²) < 4.78 is 22.8. The quantitative estimate of drug-likeness (QED) is 0.395. The van der Waals surface area contributed by atoms with Gasteiger partial charge < -0.3 is 18.9 Å². The molecule has 0 bridgehead atoms. The van der Waals surface area contributed by atoms with Crippen LogP contribution >= 0.6 is 9.24 Å². The monoisotopic (exact) mass is 486 g/mol. The molecule has 0 aromatic heterocycles. The largest absolute Gasteiger partial charge is 0.496 e. The normalized spacial score (nSPS) is 20.4. The van der Waals surface area contributed by atoms with Gasteiger partial charge in [0.2, 0.25) is 0 Å². The van der Waals surface area contributed by atoms with E-state index in [0.29, 0.717) is 29.9 Å². The van der Waals surface area contributed by atoms with Gasteiger partial charge in [-0.25, -0.2) is 4.79 Å². The molecular formula is C27H35O6P. The van der Waals surface area contributed by atoms with E-state index in [1.165, 1.54) is 7.11 Å². The minimum atomic E-state index is -0.511. The van der Waals surface area contributed by atoms with Crippen LogP contribution in [-0.4, -0.2) is 30.8 Å². The lowest BCUT2D eigenvalue weighted by Crippen LogP contribution is -2.40. The minimum absolute atomic E-state index is 0.0589. The predicted octanol–water partition coefficient (Wildman–Crippen LogP) is 5.22. The van der Waals surface area contributed by atoms with Crippen molar-refractivity contribution in [1.29, 1.82) is 0 Å². The molecular weight excluding hydrogens is 451 g/mol. The van der Waals surface area contributed by atoms with Crippen molar-refractivity contribution in [3.8, 4) is 11.5 Å². The van der Waals surface area contributed by atoms with Gasteiger partial charge in [0.25, 0.3) is 0 Å². The van der Waals surface area contributed by atoms with E-state index < -0.39 is 17.0 Å². The Kier molecular flexibility index (Phi) is 8.25. The van der Waals surface area contributed by atoms with Crippen molar-refractivity contribution in [3.63, 3.8) is 0 Å². The van der Waals surface area contributed by atoms with Crippen LogP contribution in [0.4, 0.5) is 0 Å². The third kappa shape index (κ3) is 6.73. The maximum absolute atomic E-state index is 12.8. The molecule has 0 radical (unpaired) electrons. The first kappa shape index (κ1) is 26.0. The molecule has 0 saturated heterocycles. The van der Waals surface area contributed by atoms with Gasteiger partial charge >= 0.3 is 11.9 Å². The summed E-state index contributed by atoms with van der Waals surface area (Å²) in [5.74, 6) is 0.384. The van der Waals surface area contributed by atoms with Gasteiger partial charge in [-0.2, -0.15) is 0 Å². The summed E-state index contributed by atoms with van der Waals surface area (Å²) in [6.07, 6.45) is 2.75. The highest BCUT2D eigenvalue weighted by Crippen LogP contribution is 2.39. The Morgan fingerprint density at radius 3 is 2.29 bits per heavy atom. The molecule has 1 saturated carbocycles. The molecule has 1 fully saturated rings. The Hall–Kier alpha value is -2.59. The lowest BCUT2D eigenvalue weighted by Gasteiger charge is -2.37. The first-order chi connectivity index (χ1) is 16.0. The van der Waals surface area contributed by atoms with E-state index >= 15 is 0 Å². The van der Waals surface area contributed by atoms with Crippen LogP contribution in [0.1, 0.15) is 69.3 Å². The number of methoxy groups -OCH3 is 1. The number of rotatable bonds is 7. The zero-order valence-corrected chi connectivity index (χ0v) is 21.8. The molecule has 184 valence electrons. The molecule has 0 aliphatic heterocycles. The number of carbonyl (C=O) groups excluding carboxylic acids is 2. The summed E-state index contributed by atoms with van der Waals surface area (Å²) in [6, 6.07) is 12.9. The van der Waals surface area contributed by atoms with E-state index in [1.54, 1.807) is 12.1 Å². The molecule has 6 nitrogen and oxygen atoms in total. The molecule has 0 heterocycles. The summed E-state index contributed by atoms with van der Waals surface area (Å²) in [5, 5.41) is 0.789. The Morgan fingerprint density at radius 1 is 1.06 bits per heavy atom. The molecule has 1 aliphatic rings. The van der Waals surface area contributed by atoms with Gasteiger partial charge in [-0.15, -0.1) is 9.24 Å². The van der Waals surface area contributed by atoms with Crippen molar-refractivity contribution < 1.29 is 28.5 Å². The summed E-state index contributed by atoms with van der Waals surface area (Å²) in [4.78, 5) is 25.5. The molecule has 0 spiro atoms. The van der Waals surface area contributed by atoms with Crippen LogP contribution in [0, 0.1) is 5.41 Å². The first-order valence-corrected chi connectivity index (χ1v) is 12.2. The SMILES string of the molecule is COc1cc(P)c(OC2CCC(C)(C(=O)OC(C)(C)C)CC2)cc1C(=O)OCc1ccccc1. The second-order valence-electron chi connectivity index (χ2n) is 10.0. The maximum atomic E-state index is 12.8. The number of carbonyl (C=O) groups is 2. The molecule has 1 aliphatic carbocycles. The Bertz CT molecular complexity index is 1000.